The van der Waals surface area contributed by atoms with Crippen molar-refractivity contribution in [2.75, 3.05) is 48.3 Å². The zero-order valence-electron chi connectivity index (χ0n) is 15.5. The highest BCUT2D eigenvalue weighted by Crippen LogP contribution is 2.35. The van der Waals surface area contributed by atoms with Crippen LogP contribution in [0.5, 0.6) is 0 Å². The minimum Gasteiger partial charge on any atom is -0.367 e. The number of hydrogen-bond acceptors (Lipinski definition) is 4. The highest BCUT2D eigenvalue weighted by atomic mass is 35.5. The maximum absolute atomic E-state index is 12.7. The summed E-state index contributed by atoms with van der Waals surface area (Å²) in [7, 11) is 0. The fourth-order valence-electron chi connectivity index (χ4n) is 3.67. The normalized spacial score (nSPS) is 16.9. The topological polar surface area (TPSA) is 43.9 Å². The van der Waals surface area contributed by atoms with E-state index in [9.17, 15) is 9.59 Å². The number of carbonyl (C=O) groups excluding carboxylic acids is 2. The van der Waals surface area contributed by atoms with Crippen LogP contribution >= 0.6 is 23.4 Å². The lowest BCUT2D eigenvalue weighted by Crippen LogP contribution is -2.49. The predicted molar refractivity (Wildman–Crippen MR) is 114 cm³/mol. The average Bonchev–Trinajstić information content (AvgIpc) is 2.73. The van der Waals surface area contributed by atoms with Gasteiger partial charge in [-0.3, -0.25) is 9.59 Å². The van der Waals surface area contributed by atoms with Gasteiger partial charge < -0.3 is 14.7 Å². The molecule has 0 aliphatic carbocycles. The second-order valence-corrected chi connectivity index (χ2v) is 8.30. The van der Waals surface area contributed by atoms with Crippen molar-refractivity contribution in [3.05, 3.63) is 53.6 Å². The van der Waals surface area contributed by atoms with Crippen LogP contribution in [-0.4, -0.2) is 55.2 Å². The van der Waals surface area contributed by atoms with Gasteiger partial charge in [-0.25, -0.2) is 0 Å². The monoisotopic (exact) mass is 415 g/mol. The molecule has 5 nitrogen and oxygen atoms in total. The van der Waals surface area contributed by atoms with Gasteiger partial charge in [-0.05, 0) is 24.3 Å². The molecule has 0 radical (unpaired) electrons. The molecule has 2 aromatic rings. The van der Waals surface area contributed by atoms with E-state index in [0.717, 1.165) is 34.4 Å². The molecule has 0 atom stereocenters. The number of amides is 2. The smallest absolute Gasteiger partial charge is 0.237 e. The highest BCUT2D eigenvalue weighted by molar-refractivity contribution is 8.00. The van der Waals surface area contributed by atoms with Gasteiger partial charge in [0.15, 0.2) is 0 Å². The number of anilines is 2. The van der Waals surface area contributed by atoms with Gasteiger partial charge in [-0.15, -0.1) is 11.8 Å². The number of rotatable bonds is 4. The van der Waals surface area contributed by atoms with E-state index in [1.807, 2.05) is 53.4 Å². The maximum Gasteiger partial charge on any atom is 0.237 e. The van der Waals surface area contributed by atoms with Crippen molar-refractivity contribution in [1.29, 1.82) is 0 Å². The molecule has 0 bridgehead atoms. The molecule has 4 rings (SSSR count). The molecular formula is C21H22ClN3O2S. The molecule has 28 heavy (non-hydrogen) atoms. The van der Waals surface area contributed by atoms with Gasteiger partial charge in [0, 0.05) is 44.0 Å². The van der Waals surface area contributed by atoms with Gasteiger partial charge in [0.1, 0.15) is 0 Å². The van der Waals surface area contributed by atoms with E-state index in [4.69, 9.17) is 11.6 Å². The second kappa shape index (κ2) is 8.45. The molecule has 2 heterocycles. The van der Waals surface area contributed by atoms with Gasteiger partial charge in [-0.2, -0.15) is 0 Å². The van der Waals surface area contributed by atoms with Crippen LogP contribution in [-0.2, 0) is 9.59 Å². The van der Waals surface area contributed by atoms with Crippen molar-refractivity contribution in [1.82, 2.24) is 4.90 Å². The molecule has 2 amide bonds. The Labute approximate surface area is 174 Å². The Morgan fingerprint density at radius 1 is 0.964 bits per heavy atom. The van der Waals surface area contributed by atoms with E-state index in [0.29, 0.717) is 31.8 Å². The molecule has 1 saturated heterocycles. The third-order valence-electron chi connectivity index (χ3n) is 5.18. The molecule has 0 N–H and O–H groups in total. The second-order valence-electron chi connectivity index (χ2n) is 6.87. The Morgan fingerprint density at radius 3 is 2.39 bits per heavy atom. The van der Waals surface area contributed by atoms with E-state index in [-0.39, 0.29) is 11.8 Å². The zero-order chi connectivity index (χ0) is 19.5. The fraction of sp³-hybridized carbons (Fsp3) is 0.333. The minimum absolute atomic E-state index is 0.0695. The Hall–Kier alpha value is -2.18. The number of thioether (sulfide) groups is 1. The number of para-hydroxylation sites is 2. The van der Waals surface area contributed by atoms with Crippen LogP contribution in [0.2, 0.25) is 5.02 Å². The van der Waals surface area contributed by atoms with Crippen LogP contribution in [0.25, 0.3) is 0 Å². The van der Waals surface area contributed by atoms with Crippen LogP contribution in [0.1, 0.15) is 6.42 Å². The van der Waals surface area contributed by atoms with Gasteiger partial charge >= 0.3 is 0 Å². The van der Waals surface area contributed by atoms with Crippen LogP contribution < -0.4 is 9.80 Å². The number of hydrogen-bond donors (Lipinski definition) is 0. The molecule has 2 aliphatic rings. The number of benzene rings is 2. The van der Waals surface area contributed by atoms with Crippen LogP contribution in [0.15, 0.2) is 53.4 Å². The van der Waals surface area contributed by atoms with E-state index >= 15 is 0 Å². The molecule has 2 aromatic carbocycles. The molecule has 2 aliphatic heterocycles. The predicted octanol–water partition coefficient (Wildman–Crippen LogP) is 3.52. The summed E-state index contributed by atoms with van der Waals surface area (Å²) in [5.41, 5.74) is 1.93. The summed E-state index contributed by atoms with van der Waals surface area (Å²) in [6, 6.07) is 15.7. The largest absolute Gasteiger partial charge is 0.367 e. The third-order valence-corrected chi connectivity index (χ3v) is 6.55. The van der Waals surface area contributed by atoms with Crippen molar-refractivity contribution in [2.24, 2.45) is 0 Å². The van der Waals surface area contributed by atoms with Crippen molar-refractivity contribution >= 4 is 46.6 Å². The number of piperazine rings is 1. The lowest BCUT2D eigenvalue weighted by atomic mass is 10.2. The molecule has 0 unspecified atom stereocenters. The molecule has 1 fully saturated rings. The van der Waals surface area contributed by atoms with E-state index in [1.165, 1.54) is 0 Å². The Kier molecular flexibility index (Phi) is 5.78. The first-order valence-electron chi connectivity index (χ1n) is 9.43. The summed E-state index contributed by atoms with van der Waals surface area (Å²) in [5.74, 6) is 0.601. The molecular weight excluding hydrogens is 394 g/mol. The summed E-state index contributed by atoms with van der Waals surface area (Å²) in [4.78, 5) is 32.0. The minimum atomic E-state index is 0.0695. The van der Waals surface area contributed by atoms with E-state index in [2.05, 4.69) is 4.90 Å². The number of carbonyl (C=O) groups is 2. The standard InChI is InChI=1S/C21H22ClN3O2S/c22-16-5-1-2-6-17(16)23-11-13-24(14-12-23)20(26)9-10-25-18-7-3-4-8-19(18)28-15-21(25)27/h1-8H,9-15H2. The lowest BCUT2D eigenvalue weighted by Gasteiger charge is -2.37. The SMILES string of the molecule is O=C(CCN1C(=O)CSc2ccccc21)N1CCN(c2ccccc2Cl)CC1. The van der Waals surface area contributed by atoms with Crippen molar-refractivity contribution in [2.45, 2.75) is 11.3 Å². The Balaban J connectivity index is 1.33. The lowest BCUT2D eigenvalue weighted by molar-refractivity contribution is -0.131. The first-order chi connectivity index (χ1) is 13.6. The first-order valence-corrected chi connectivity index (χ1v) is 10.8. The number of halogens is 1. The first kappa shape index (κ1) is 19.2. The summed E-state index contributed by atoms with van der Waals surface area (Å²) < 4.78 is 0. The molecule has 7 heteroatoms. The number of fused-ring (bicyclic) bond motifs is 1. The van der Waals surface area contributed by atoms with Gasteiger partial charge in [-0.1, -0.05) is 35.9 Å². The van der Waals surface area contributed by atoms with Gasteiger partial charge in [0.25, 0.3) is 0 Å². The Bertz CT molecular complexity index is 883. The third kappa shape index (κ3) is 3.98. The highest BCUT2D eigenvalue weighted by Gasteiger charge is 2.27. The van der Waals surface area contributed by atoms with Gasteiger partial charge in [0.2, 0.25) is 11.8 Å². The molecule has 0 spiro atoms. The summed E-state index contributed by atoms with van der Waals surface area (Å²) >= 11 is 7.85. The Morgan fingerprint density at radius 2 is 1.64 bits per heavy atom. The van der Waals surface area contributed by atoms with Crippen molar-refractivity contribution in [3.63, 3.8) is 0 Å². The van der Waals surface area contributed by atoms with Crippen molar-refractivity contribution < 1.29 is 9.59 Å². The summed E-state index contributed by atoms with van der Waals surface area (Å²) in [6.45, 7) is 3.30. The van der Waals surface area contributed by atoms with Crippen LogP contribution in [0.4, 0.5) is 11.4 Å². The molecule has 146 valence electrons. The van der Waals surface area contributed by atoms with Crippen molar-refractivity contribution in [3.8, 4) is 0 Å². The fourth-order valence-corrected chi connectivity index (χ4v) is 4.86. The quantitative estimate of drug-likeness (QED) is 0.766. The van der Waals surface area contributed by atoms with Crippen LogP contribution in [0.3, 0.4) is 0 Å². The van der Waals surface area contributed by atoms with Gasteiger partial charge in [0.05, 0.1) is 22.2 Å². The summed E-state index contributed by atoms with van der Waals surface area (Å²) in [6.07, 6.45) is 0.344. The summed E-state index contributed by atoms with van der Waals surface area (Å²) in [5, 5.41) is 0.738. The number of nitrogens with zero attached hydrogens (tertiary/aromatic N) is 3. The average molecular weight is 416 g/mol. The maximum atomic E-state index is 12.7. The van der Waals surface area contributed by atoms with E-state index < -0.39 is 0 Å². The van der Waals surface area contributed by atoms with E-state index in [1.54, 1.807) is 16.7 Å². The molecule has 0 aromatic heterocycles. The van der Waals surface area contributed by atoms with Crippen LogP contribution in [0, 0.1) is 0 Å². The zero-order valence-corrected chi connectivity index (χ0v) is 17.1. The molecule has 0 saturated carbocycles.